The lowest BCUT2D eigenvalue weighted by Gasteiger charge is -2.17. The Labute approximate surface area is 112 Å². The van der Waals surface area contributed by atoms with Crippen molar-refractivity contribution in [2.45, 2.75) is 70.8 Å². The monoisotopic (exact) mass is 254 g/mol. The summed E-state index contributed by atoms with van der Waals surface area (Å²) in [4.78, 5) is 11.2. The van der Waals surface area contributed by atoms with Crippen molar-refractivity contribution in [3.05, 3.63) is 12.7 Å². The number of carbonyl (C=O) groups excluding carboxylic acids is 1. The first-order valence-corrected chi connectivity index (χ1v) is 7.31. The molecule has 0 fully saturated rings. The van der Waals surface area contributed by atoms with Gasteiger partial charge in [-0.05, 0) is 6.42 Å². The van der Waals surface area contributed by atoms with Gasteiger partial charge in [0.1, 0.15) is 0 Å². The van der Waals surface area contributed by atoms with E-state index in [0.29, 0.717) is 0 Å². The first-order valence-electron chi connectivity index (χ1n) is 7.31. The summed E-state index contributed by atoms with van der Waals surface area (Å²) in [5.41, 5.74) is 11.1. The number of hydrogen-bond donors (Lipinski definition) is 2. The zero-order valence-corrected chi connectivity index (χ0v) is 11.9. The normalized spacial score (nSPS) is 14.1. The largest absolute Gasteiger partial charge is 0.369 e. The number of nitrogens with two attached hydrogens (primary N) is 2. The highest BCUT2D eigenvalue weighted by Crippen LogP contribution is 2.15. The highest BCUT2D eigenvalue weighted by Gasteiger charge is 2.20. The van der Waals surface area contributed by atoms with E-state index in [2.05, 4.69) is 13.5 Å². The number of rotatable bonds is 12. The first-order chi connectivity index (χ1) is 8.63. The van der Waals surface area contributed by atoms with Crippen LogP contribution in [0.2, 0.25) is 0 Å². The van der Waals surface area contributed by atoms with Crippen molar-refractivity contribution in [2.24, 2.45) is 17.4 Å². The van der Waals surface area contributed by atoms with Crippen molar-refractivity contribution >= 4 is 5.91 Å². The Morgan fingerprint density at radius 3 is 2.06 bits per heavy atom. The average molecular weight is 254 g/mol. The molecular formula is C15H30N2O. The van der Waals surface area contributed by atoms with Gasteiger partial charge in [-0.1, -0.05) is 64.4 Å². The van der Waals surface area contributed by atoms with Crippen LogP contribution >= 0.6 is 0 Å². The van der Waals surface area contributed by atoms with Gasteiger partial charge in [-0.25, -0.2) is 0 Å². The van der Waals surface area contributed by atoms with E-state index in [-0.39, 0.29) is 17.9 Å². The molecular weight excluding hydrogens is 224 g/mol. The molecule has 106 valence electrons. The number of primary amides is 1. The fourth-order valence-corrected chi connectivity index (χ4v) is 2.19. The van der Waals surface area contributed by atoms with Gasteiger partial charge in [0.15, 0.2) is 0 Å². The molecule has 0 rings (SSSR count). The zero-order valence-electron chi connectivity index (χ0n) is 11.9. The molecule has 0 aliphatic heterocycles. The standard InChI is InChI=1S/C15H30N2O/c1-3-5-6-7-8-9-10-11-12-13(15(17)18)14(16)4-2/h4,13-14H,2-3,5-12,16H2,1H3,(H2,17,18). The SMILES string of the molecule is C=CC(N)C(CCCCCCCCCC)C(N)=O. The van der Waals surface area contributed by atoms with Crippen LogP contribution in [-0.2, 0) is 4.79 Å². The van der Waals surface area contributed by atoms with Crippen LogP contribution in [0.1, 0.15) is 64.7 Å². The van der Waals surface area contributed by atoms with Gasteiger partial charge in [-0.3, -0.25) is 4.79 Å². The Kier molecular flexibility index (Phi) is 10.8. The van der Waals surface area contributed by atoms with Crippen molar-refractivity contribution in [1.29, 1.82) is 0 Å². The van der Waals surface area contributed by atoms with Gasteiger partial charge in [0, 0.05) is 6.04 Å². The molecule has 18 heavy (non-hydrogen) atoms. The highest BCUT2D eigenvalue weighted by atomic mass is 16.1. The van der Waals surface area contributed by atoms with Crippen LogP contribution in [0.5, 0.6) is 0 Å². The van der Waals surface area contributed by atoms with E-state index < -0.39 is 0 Å². The van der Waals surface area contributed by atoms with Crippen LogP contribution in [-0.4, -0.2) is 11.9 Å². The Morgan fingerprint density at radius 2 is 1.61 bits per heavy atom. The summed E-state index contributed by atoms with van der Waals surface area (Å²) in [6.45, 7) is 5.85. The summed E-state index contributed by atoms with van der Waals surface area (Å²) in [6.07, 6.45) is 12.5. The Hall–Kier alpha value is -0.830. The van der Waals surface area contributed by atoms with Crippen LogP contribution in [0.15, 0.2) is 12.7 Å². The Morgan fingerprint density at radius 1 is 1.11 bits per heavy atom. The lowest BCUT2D eigenvalue weighted by atomic mass is 9.93. The lowest BCUT2D eigenvalue weighted by Crippen LogP contribution is -2.37. The molecule has 0 aliphatic rings. The predicted octanol–water partition coefficient (Wildman–Crippen LogP) is 3.13. The summed E-state index contributed by atoms with van der Waals surface area (Å²) >= 11 is 0. The minimum absolute atomic E-state index is 0.248. The van der Waals surface area contributed by atoms with Gasteiger partial charge in [0.05, 0.1) is 5.92 Å². The van der Waals surface area contributed by atoms with Crippen LogP contribution in [0.3, 0.4) is 0 Å². The predicted molar refractivity (Wildman–Crippen MR) is 78.1 cm³/mol. The van der Waals surface area contributed by atoms with Gasteiger partial charge in [0.25, 0.3) is 0 Å². The maximum Gasteiger partial charge on any atom is 0.222 e. The molecule has 3 nitrogen and oxygen atoms in total. The first kappa shape index (κ1) is 17.2. The summed E-state index contributed by atoms with van der Waals surface area (Å²) in [7, 11) is 0. The molecule has 0 aliphatic carbocycles. The second-order valence-corrected chi connectivity index (χ2v) is 5.09. The maximum absolute atomic E-state index is 11.2. The molecule has 0 saturated carbocycles. The molecule has 0 aromatic heterocycles. The van der Waals surface area contributed by atoms with Crippen molar-refractivity contribution in [2.75, 3.05) is 0 Å². The number of unbranched alkanes of at least 4 members (excludes halogenated alkanes) is 7. The van der Waals surface area contributed by atoms with E-state index in [9.17, 15) is 4.79 Å². The third-order valence-electron chi connectivity index (χ3n) is 3.47. The van der Waals surface area contributed by atoms with Crippen LogP contribution < -0.4 is 11.5 Å². The molecule has 0 spiro atoms. The summed E-state index contributed by atoms with van der Waals surface area (Å²) in [5.74, 6) is -0.548. The van der Waals surface area contributed by atoms with E-state index in [1.165, 1.54) is 44.9 Å². The van der Waals surface area contributed by atoms with Crippen LogP contribution in [0.25, 0.3) is 0 Å². The smallest absolute Gasteiger partial charge is 0.222 e. The van der Waals surface area contributed by atoms with Crippen LogP contribution in [0.4, 0.5) is 0 Å². The van der Waals surface area contributed by atoms with Gasteiger partial charge in [-0.2, -0.15) is 0 Å². The molecule has 0 saturated heterocycles. The van der Waals surface area contributed by atoms with Crippen molar-refractivity contribution in [3.8, 4) is 0 Å². The summed E-state index contributed by atoms with van der Waals surface area (Å²) in [5, 5.41) is 0. The van der Waals surface area contributed by atoms with Crippen molar-refractivity contribution in [1.82, 2.24) is 0 Å². The van der Waals surface area contributed by atoms with Crippen molar-refractivity contribution in [3.63, 3.8) is 0 Å². The van der Waals surface area contributed by atoms with E-state index in [4.69, 9.17) is 11.5 Å². The lowest BCUT2D eigenvalue weighted by molar-refractivity contribution is -0.122. The Bertz CT molecular complexity index is 229. The maximum atomic E-state index is 11.2. The molecule has 2 unspecified atom stereocenters. The number of carbonyl (C=O) groups is 1. The molecule has 2 atom stereocenters. The fraction of sp³-hybridized carbons (Fsp3) is 0.800. The van der Waals surface area contributed by atoms with Gasteiger partial charge in [0.2, 0.25) is 5.91 Å². The quantitative estimate of drug-likeness (QED) is 0.415. The van der Waals surface area contributed by atoms with E-state index in [1.54, 1.807) is 6.08 Å². The molecule has 0 heterocycles. The van der Waals surface area contributed by atoms with E-state index >= 15 is 0 Å². The number of hydrogen-bond acceptors (Lipinski definition) is 2. The summed E-state index contributed by atoms with van der Waals surface area (Å²) in [6, 6.07) is -0.299. The second-order valence-electron chi connectivity index (χ2n) is 5.09. The summed E-state index contributed by atoms with van der Waals surface area (Å²) < 4.78 is 0. The zero-order chi connectivity index (χ0) is 13.8. The van der Waals surface area contributed by atoms with Crippen molar-refractivity contribution < 1.29 is 4.79 Å². The third kappa shape index (κ3) is 8.29. The molecule has 0 bridgehead atoms. The van der Waals surface area contributed by atoms with Gasteiger partial charge < -0.3 is 11.5 Å². The Balaban J connectivity index is 3.56. The average Bonchev–Trinajstić information content (AvgIpc) is 2.35. The molecule has 0 aromatic rings. The molecule has 4 N–H and O–H groups in total. The molecule has 0 radical (unpaired) electrons. The fourth-order valence-electron chi connectivity index (χ4n) is 2.19. The highest BCUT2D eigenvalue weighted by molar-refractivity contribution is 5.77. The molecule has 0 aromatic carbocycles. The van der Waals surface area contributed by atoms with Gasteiger partial charge in [-0.15, -0.1) is 6.58 Å². The molecule has 1 amide bonds. The topological polar surface area (TPSA) is 69.1 Å². The van der Waals surface area contributed by atoms with Crippen LogP contribution in [0, 0.1) is 5.92 Å². The van der Waals surface area contributed by atoms with Gasteiger partial charge >= 0.3 is 0 Å². The molecule has 3 heteroatoms. The number of amides is 1. The second kappa shape index (κ2) is 11.3. The third-order valence-corrected chi connectivity index (χ3v) is 3.47. The minimum atomic E-state index is -0.301. The van der Waals surface area contributed by atoms with E-state index in [1.807, 2.05) is 0 Å². The minimum Gasteiger partial charge on any atom is -0.369 e. The van der Waals surface area contributed by atoms with E-state index in [0.717, 1.165) is 12.8 Å².